The number of ether oxygens (including phenoxy) is 2. The first-order valence-corrected chi connectivity index (χ1v) is 9.66. The number of amides is 2. The zero-order chi connectivity index (χ0) is 20.1. The summed E-state index contributed by atoms with van der Waals surface area (Å²) in [6.07, 6.45) is 1.73. The molecule has 0 aromatic heterocycles. The third-order valence-electron chi connectivity index (χ3n) is 4.89. The SMILES string of the molecule is Cc1ccccc1OCCCCOCC(C)(C)N1C(=O)c2ccccc2C1=O. The van der Waals surface area contributed by atoms with Crippen molar-refractivity contribution in [2.24, 2.45) is 0 Å². The van der Waals surface area contributed by atoms with Crippen LogP contribution in [0.1, 0.15) is 53.0 Å². The first kappa shape index (κ1) is 20.1. The Hall–Kier alpha value is -2.66. The van der Waals surface area contributed by atoms with E-state index in [4.69, 9.17) is 9.47 Å². The molecule has 5 heteroatoms. The summed E-state index contributed by atoms with van der Waals surface area (Å²) in [5.41, 5.74) is 1.36. The molecule has 1 aliphatic heterocycles. The fourth-order valence-corrected chi connectivity index (χ4v) is 3.33. The first-order chi connectivity index (χ1) is 13.4. The van der Waals surface area contributed by atoms with Crippen LogP contribution in [-0.4, -0.2) is 42.1 Å². The lowest BCUT2D eigenvalue weighted by atomic mass is 10.0. The number of nitrogens with zero attached hydrogens (tertiary/aromatic N) is 1. The molecular formula is C23H27NO4. The van der Waals surface area contributed by atoms with Gasteiger partial charge in [-0.15, -0.1) is 0 Å². The molecule has 0 N–H and O–H groups in total. The van der Waals surface area contributed by atoms with Gasteiger partial charge < -0.3 is 9.47 Å². The third-order valence-corrected chi connectivity index (χ3v) is 4.89. The van der Waals surface area contributed by atoms with Crippen molar-refractivity contribution in [2.75, 3.05) is 19.8 Å². The highest BCUT2D eigenvalue weighted by molar-refractivity contribution is 6.21. The fourth-order valence-electron chi connectivity index (χ4n) is 3.33. The first-order valence-electron chi connectivity index (χ1n) is 9.66. The molecule has 28 heavy (non-hydrogen) atoms. The van der Waals surface area contributed by atoms with E-state index in [9.17, 15) is 9.59 Å². The molecule has 0 saturated carbocycles. The van der Waals surface area contributed by atoms with Crippen molar-refractivity contribution in [1.29, 1.82) is 0 Å². The minimum Gasteiger partial charge on any atom is -0.493 e. The predicted octanol–water partition coefficient (Wildman–Crippen LogP) is 4.25. The van der Waals surface area contributed by atoms with Crippen LogP contribution >= 0.6 is 0 Å². The molecule has 0 unspecified atom stereocenters. The number of benzene rings is 2. The second kappa shape index (κ2) is 8.57. The van der Waals surface area contributed by atoms with Crippen LogP contribution in [0.2, 0.25) is 0 Å². The van der Waals surface area contributed by atoms with Gasteiger partial charge in [0.2, 0.25) is 0 Å². The number of aryl methyl sites for hydroxylation is 1. The number of hydrogen-bond acceptors (Lipinski definition) is 4. The lowest BCUT2D eigenvalue weighted by Crippen LogP contribution is -2.50. The van der Waals surface area contributed by atoms with Crippen molar-refractivity contribution in [3.05, 3.63) is 65.2 Å². The molecule has 2 amide bonds. The average molecular weight is 381 g/mol. The molecule has 3 rings (SSSR count). The fraction of sp³-hybridized carbons (Fsp3) is 0.391. The lowest BCUT2D eigenvalue weighted by molar-refractivity contribution is 0.0151. The second-order valence-corrected chi connectivity index (χ2v) is 7.68. The van der Waals surface area contributed by atoms with E-state index in [1.165, 1.54) is 4.90 Å². The van der Waals surface area contributed by atoms with Crippen molar-refractivity contribution in [2.45, 2.75) is 39.2 Å². The van der Waals surface area contributed by atoms with Crippen molar-refractivity contribution in [3.63, 3.8) is 0 Å². The van der Waals surface area contributed by atoms with E-state index in [2.05, 4.69) is 0 Å². The van der Waals surface area contributed by atoms with Crippen LogP contribution in [0.25, 0.3) is 0 Å². The number of imide groups is 1. The normalized spacial score (nSPS) is 13.8. The highest BCUT2D eigenvalue weighted by atomic mass is 16.5. The van der Waals surface area contributed by atoms with Gasteiger partial charge in [0.05, 0.1) is 29.9 Å². The van der Waals surface area contributed by atoms with Crippen LogP contribution in [0.5, 0.6) is 5.75 Å². The zero-order valence-electron chi connectivity index (χ0n) is 16.7. The number of carbonyl (C=O) groups is 2. The van der Waals surface area contributed by atoms with Gasteiger partial charge in [0.15, 0.2) is 0 Å². The number of carbonyl (C=O) groups excluding carboxylic acids is 2. The maximum atomic E-state index is 12.6. The predicted molar refractivity (Wildman–Crippen MR) is 108 cm³/mol. The van der Waals surface area contributed by atoms with Gasteiger partial charge in [-0.3, -0.25) is 14.5 Å². The molecule has 148 valence electrons. The number of para-hydroxylation sites is 1. The quantitative estimate of drug-likeness (QED) is 0.481. The van der Waals surface area contributed by atoms with Crippen LogP contribution in [0, 0.1) is 6.92 Å². The summed E-state index contributed by atoms with van der Waals surface area (Å²) >= 11 is 0. The lowest BCUT2D eigenvalue weighted by Gasteiger charge is -2.33. The van der Waals surface area contributed by atoms with E-state index in [0.29, 0.717) is 30.9 Å². The maximum Gasteiger partial charge on any atom is 0.262 e. The minimum absolute atomic E-state index is 0.249. The van der Waals surface area contributed by atoms with Crippen molar-refractivity contribution >= 4 is 11.8 Å². The van der Waals surface area contributed by atoms with Gasteiger partial charge in [-0.1, -0.05) is 30.3 Å². The maximum absolute atomic E-state index is 12.6. The molecule has 2 aromatic carbocycles. The Morgan fingerprint density at radius 1 is 0.857 bits per heavy atom. The van der Waals surface area contributed by atoms with Gasteiger partial charge in [-0.2, -0.15) is 0 Å². The van der Waals surface area contributed by atoms with E-state index in [0.717, 1.165) is 24.2 Å². The number of rotatable bonds is 9. The molecule has 0 aliphatic carbocycles. The summed E-state index contributed by atoms with van der Waals surface area (Å²) in [6.45, 7) is 7.24. The zero-order valence-corrected chi connectivity index (χ0v) is 16.7. The molecule has 1 aliphatic rings. The van der Waals surface area contributed by atoms with Crippen LogP contribution in [0.15, 0.2) is 48.5 Å². The average Bonchev–Trinajstić information content (AvgIpc) is 2.94. The van der Waals surface area contributed by atoms with E-state index in [1.54, 1.807) is 24.3 Å². The van der Waals surface area contributed by atoms with Gasteiger partial charge in [-0.25, -0.2) is 0 Å². The largest absolute Gasteiger partial charge is 0.493 e. The Morgan fingerprint density at radius 3 is 2.07 bits per heavy atom. The molecular weight excluding hydrogens is 354 g/mol. The Labute approximate surface area is 166 Å². The van der Waals surface area contributed by atoms with Gasteiger partial charge >= 0.3 is 0 Å². The van der Waals surface area contributed by atoms with Crippen LogP contribution in [-0.2, 0) is 4.74 Å². The standard InChI is InChI=1S/C23H27NO4/c1-17-10-4-7-13-20(17)28-15-9-8-14-27-16-23(2,3)24-21(25)18-11-5-6-12-19(18)22(24)26/h4-7,10-13H,8-9,14-16H2,1-3H3. The summed E-state index contributed by atoms with van der Waals surface area (Å²) < 4.78 is 11.6. The molecule has 0 fully saturated rings. The number of hydrogen-bond donors (Lipinski definition) is 0. The molecule has 5 nitrogen and oxygen atoms in total. The highest BCUT2D eigenvalue weighted by Gasteiger charge is 2.43. The molecule has 0 spiro atoms. The summed E-state index contributed by atoms with van der Waals surface area (Å²) in [7, 11) is 0. The smallest absolute Gasteiger partial charge is 0.262 e. The summed E-state index contributed by atoms with van der Waals surface area (Å²) in [5, 5.41) is 0. The van der Waals surface area contributed by atoms with E-state index in [1.807, 2.05) is 45.0 Å². The Balaban J connectivity index is 1.42. The Morgan fingerprint density at radius 2 is 1.43 bits per heavy atom. The monoisotopic (exact) mass is 381 g/mol. The van der Waals surface area contributed by atoms with Crippen LogP contribution in [0.3, 0.4) is 0 Å². The molecule has 1 heterocycles. The Bertz CT molecular complexity index is 824. The molecule has 0 radical (unpaired) electrons. The van der Waals surface area contributed by atoms with Crippen LogP contribution in [0.4, 0.5) is 0 Å². The number of fused-ring (bicyclic) bond motifs is 1. The third kappa shape index (κ3) is 4.25. The molecule has 0 saturated heterocycles. The van der Waals surface area contributed by atoms with Crippen LogP contribution < -0.4 is 4.74 Å². The summed E-state index contributed by atoms with van der Waals surface area (Å²) in [5.74, 6) is 0.414. The molecule has 2 aromatic rings. The number of unbranched alkanes of at least 4 members (excludes halogenated alkanes) is 1. The Kier molecular flexibility index (Phi) is 6.15. The molecule has 0 bridgehead atoms. The van der Waals surface area contributed by atoms with E-state index < -0.39 is 5.54 Å². The second-order valence-electron chi connectivity index (χ2n) is 7.68. The van der Waals surface area contributed by atoms with Crippen molar-refractivity contribution in [3.8, 4) is 5.75 Å². The van der Waals surface area contributed by atoms with E-state index in [-0.39, 0.29) is 11.8 Å². The van der Waals surface area contributed by atoms with Crippen molar-refractivity contribution < 1.29 is 19.1 Å². The van der Waals surface area contributed by atoms with E-state index >= 15 is 0 Å². The van der Waals surface area contributed by atoms with Crippen molar-refractivity contribution in [1.82, 2.24) is 4.90 Å². The van der Waals surface area contributed by atoms with Gasteiger partial charge in [0.25, 0.3) is 11.8 Å². The molecule has 0 atom stereocenters. The van der Waals surface area contributed by atoms with Gasteiger partial charge in [0.1, 0.15) is 5.75 Å². The van der Waals surface area contributed by atoms with Gasteiger partial charge in [-0.05, 0) is 57.4 Å². The highest BCUT2D eigenvalue weighted by Crippen LogP contribution is 2.29. The van der Waals surface area contributed by atoms with Gasteiger partial charge in [0, 0.05) is 6.61 Å². The summed E-state index contributed by atoms with van der Waals surface area (Å²) in [6, 6.07) is 14.9. The summed E-state index contributed by atoms with van der Waals surface area (Å²) in [4.78, 5) is 26.6. The topological polar surface area (TPSA) is 55.8 Å². The minimum atomic E-state index is -0.704.